The van der Waals surface area contributed by atoms with Crippen molar-refractivity contribution in [1.82, 2.24) is 15.1 Å². The average Bonchev–Trinajstić information content (AvgIpc) is 3.54. The maximum Gasteiger partial charge on any atom is 0.318 e. The van der Waals surface area contributed by atoms with Crippen LogP contribution in [0.4, 0.5) is 4.79 Å². The summed E-state index contributed by atoms with van der Waals surface area (Å²) in [7, 11) is 0. The number of likely N-dealkylation sites (tertiary alicyclic amines) is 1. The number of benzene rings is 2. The Morgan fingerprint density at radius 1 is 0.889 bits per heavy atom. The zero-order valence-corrected chi connectivity index (χ0v) is 15.9. The van der Waals surface area contributed by atoms with Gasteiger partial charge in [0.2, 0.25) is 0 Å². The van der Waals surface area contributed by atoms with Gasteiger partial charge in [0.1, 0.15) is 0 Å². The van der Waals surface area contributed by atoms with Gasteiger partial charge in [-0.05, 0) is 36.8 Å². The van der Waals surface area contributed by atoms with E-state index in [2.05, 4.69) is 52.7 Å². The highest BCUT2D eigenvalue weighted by atomic mass is 16.2. The quantitative estimate of drug-likeness (QED) is 0.841. The van der Waals surface area contributed by atoms with Crippen molar-refractivity contribution < 1.29 is 4.79 Å². The third kappa shape index (κ3) is 5.10. The van der Waals surface area contributed by atoms with Gasteiger partial charge in [0.25, 0.3) is 0 Å². The molecule has 1 N–H and O–H groups in total. The predicted molar refractivity (Wildman–Crippen MR) is 108 cm³/mol. The van der Waals surface area contributed by atoms with Gasteiger partial charge in [0.15, 0.2) is 0 Å². The van der Waals surface area contributed by atoms with Crippen LogP contribution in [0.15, 0.2) is 60.7 Å². The monoisotopic (exact) mass is 363 g/mol. The minimum Gasteiger partial charge on any atom is -0.335 e. The highest BCUT2D eigenvalue weighted by Gasteiger charge is 2.33. The zero-order chi connectivity index (χ0) is 18.5. The summed E-state index contributed by atoms with van der Waals surface area (Å²) in [5.41, 5.74) is 2.57. The molecule has 2 fully saturated rings. The lowest BCUT2D eigenvalue weighted by Crippen LogP contribution is -2.49. The molecule has 4 heteroatoms. The lowest BCUT2D eigenvalue weighted by Gasteiger charge is -2.34. The van der Waals surface area contributed by atoms with Crippen LogP contribution in [0.5, 0.6) is 0 Å². The van der Waals surface area contributed by atoms with E-state index in [0.717, 1.165) is 45.3 Å². The van der Waals surface area contributed by atoms with Crippen molar-refractivity contribution in [3.63, 3.8) is 0 Å². The normalized spacial score (nSPS) is 18.2. The van der Waals surface area contributed by atoms with Crippen molar-refractivity contribution in [3.8, 4) is 0 Å². The van der Waals surface area contributed by atoms with Gasteiger partial charge < -0.3 is 10.2 Å². The fraction of sp³-hybridized carbons (Fsp3) is 0.435. The molecule has 0 radical (unpaired) electrons. The number of hydrogen-bond acceptors (Lipinski definition) is 2. The fourth-order valence-electron chi connectivity index (χ4n) is 3.87. The predicted octanol–water partition coefficient (Wildman–Crippen LogP) is 4.03. The molecule has 27 heavy (non-hydrogen) atoms. The van der Waals surface area contributed by atoms with E-state index in [1.165, 1.54) is 11.1 Å². The Kier molecular flexibility index (Phi) is 5.73. The summed E-state index contributed by atoms with van der Waals surface area (Å²) in [5.74, 6) is 0. The van der Waals surface area contributed by atoms with E-state index in [9.17, 15) is 4.79 Å². The van der Waals surface area contributed by atoms with Gasteiger partial charge in [-0.15, -0.1) is 0 Å². The first-order chi connectivity index (χ1) is 13.3. The molecule has 1 saturated carbocycles. The number of amides is 2. The number of nitrogens with one attached hydrogen (secondary N) is 1. The van der Waals surface area contributed by atoms with Crippen molar-refractivity contribution >= 4 is 6.03 Å². The molecule has 1 aliphatic heterocycles. The maximum atomic E-state index is 12.9. The van der Waals surface area contributed by atoms with Gasteiger partial charge in [-0.2, -0.15) is 0 Å². The van der Waals surface area contributed by atoms with Crippen LogP contribution in [-0.4, -0.2) is 41.0 Å². The van der Waals surface area contributed by atoms with Crippen LogP contribution in [0.3, 0.4) is 0 Å². The minimum absolute atomic E-state index is 0.114. The van der Waals surface area contributed by atoms with Crippen LogP contribution < -0.4 is 5.32 Å². The van der Waals surface area contributed by atoms with E-state index >= 15 is 0 Å². The molecule has 2 aromatic rings. The largest absolute Gasteiger partial charge is 0.335 e. The van der Waals surface area contributed by atoms with Gasteiger partial charge >= 0.3 is 6.03 Å². The number of urea groups is 1. The molecular formula is C23H29N3O. The molecule has 142 valence electrons. The number of rotatable bonds is 6. The van der Waals surface area contributed by atoms with Crippen LogP contribution in [0.25, 0.3) is 0 Å². The average molecular weight is 364 g/mol. The highest BCUT2D eigenvalue weighted by Crippen LogP contribution is 2.28. The molecule has 0 unspecified atom stereocenters. The molecule has 0 bridgehead atoms. The van der Waals surface area contributed by atoms with Crippen molar-refractivity contribution in [2.45, 2.75) is 50.9 Å². The van der Waals surface area contributed by atoms with E-state index in [1.54, 1.807) is 0 Å². The van der Waals surface area contributed by atoms with E-state index in [-0.39, 0.29) is 6.03 Å². The standard InChI is InChI=1S/C23H29N3O/c27-23(26(22-11-12-22)18-20-9-5-2-6-10-20)24-21-13-15-25(16-14-21)17-19-7-3-1-4-8-19/h1-10,21-22H,11-18H2,(H,24,27). The number of carbonyl (C=O) groups excluding carboxylic acids is 1. The molecule has 0 aromatic heterocycles. The summed E-state index contributed by atoms with van der Waals surface area (Å²) >= 11 is 0. The molecule has 0 spiro atoms. The maximum absolute atomic E-state index is 12.9. The van der Waals surface area contributed by atoms with Crippen LogP contribution in [0.1, 0.15) is 36.8 Å². The first kappa shape index (κ1) is 18.1. The molecule has 1 saturated heterocycles. The third-order valence-corrected chi connectivity index (χ3v) is 5.61. The van der Waals surface area contributed by atoms with Gasteiger partial charge in [-0.1, -0.05) is 60.7 Å². The van der Waals surface area contributed by atoms with Gasteiger partial charge in [-0.25, -0.2) is 4.79 Å². The minimum atomic E-state index is 0.114. The van der Waals surface area contributed by atoms with E-state index in [1.807, 2.05) is 23.1 Å². The lowest BCUT2D eigenvalue weighted by atomic mass is 10.0. The molecular weight excluding hydrogens is 334 g/mol. The van der Waals surface area contributed by atoms with E-state index < -0.39 is 0 Å². The van der Waals surface area contributed by atoms with Crippen LogP contribution in [-0.2, 0) is 13.1 Å². The van der Waals surface area contributed by atoms with Crippen molar-refractivity contribution in [3.05, 3.63) is 71.8 Å². The second-order valence-electron chi connectivity index (χ2n) is 7.83. The summed E-state index contributed by atoms with van der Waals surface area (Å²) in [6, 6.07) is 21.8. The zero-order valence-electron chi connectivity index (χ0n) is 15.9. The Bertz CT molecular complexity index is 722. The van der Waals surface area contributed by atoms with Crippen molar-refractivity contribution in [2.24, 2.45) is 0 Å². The Balaban J connectivity index is 1.27. The number of hydrogen-bond donors (Lipinski definition) is 1. The molecule has 1 aliphatic carbocycles. The summed E-state index contributed by atoms with van der Waals surface area (Å²) in [6.45, 7) is 3.80. The Labute approximate surface area is 162 Å². The fourth-order valence-corrected chi connectivity index (χ4v) is 3.87. The van der Waals surface area contributed by atoms with Crippen LogP contribution in [0.2, 0.25) is 0 Å². The molecule has 0 atom stereocenters. The molecule has 4 nitrogen and oxygen atoms in total. The SMILES string of the molecule is O=C(NC1CCN(Cc2ccccc2)CC1)N(Cc1ccccc1)C1CC1. The van der Waals surface area contributed by atoms with Gasteiger partial charge in [-0.3, -0.25) is 4.90 Å². The van der Waals surface area contributed by atoms with E-state index in [4.69, 9.17) is 0 Å². The molecule has 2 aromatic carbocycles. The summed E-state index contributed by atoms with van der Waals surface area (Å²) in [4.78, 5) is 17.4. The van der Waals surface area contributed by atoms with Gasteiger partial charge in [0, 0.05) is 38.3 Å². The summed E-state index contributed by atoms with van der Waals surface area (Å²) in [5, 5.41) is 3.31. The summed E-state index contributed by atoms with van der Waals surface area (Å²) in [6.07, 6.45) is 4.33. The smallest absolute Gasteiger partial charge is 0.318 e. The molecule has 2 amide bonds. The second-order valence-corrected chi connectivity index (χ2v) is 7.83. The Morgan fingerprint density at radius 2 is 1.48 bits per heavy atom. The Morgan fingerprint density at radius 3 is 2.07 bits per heavy atom. The molecule has 1 heterocycles. The van der Waals surface area contributed by atoms with E-state index in [0.29, 0.717) is 18.6 Å². The number of carbonyl (C=O) groups is 1. The highest BCUT2D eigenvalue weighted by molar-refractivity contribution is 5.75. The van der Waals surface area contributed by atoms with Crippen molar-refractivity contribution in [2.75, 3.05) is 13.1 Å². The lowest BCUT2D eigenvalue weighted by molar-refractivity contribution is 0.165. The molecule has 2 aliphatic rings. The van der Waals surface area contributed by atoms with Crippen LogP contribution >= 0.6 is 0 Å². The third-order valence-electron chi connectivity index (χ3n) is 5.61. The first-order valence-corrected chi connectivity index (χ1v) is 10.2. The summed E-state index contributed by atoms with van der Waals surface area (Å²) < 4.78 is 0. The second kappa shape index (κ2) is 8.57. The van der Waals surface area contributed by atoms with Crippen molar-refractivity contribution in [1.29, 1.82) is 0 Å². The topological polar surface area (TPSA) is 35.6 Å². The first-order valence-electron chi connectivity index (χ1n) is 10.2. The van der Waals surface area contributed by atoms with Gasteiger partial charge in [0.05, 0.1) is 0 Å². The Hall–Kier alpha value is -2.33. The van der Waals surface area contributed by atoms with Crippen LogP contribution in [0, 0.1) is 0 Å². The molecule has 4 rings (SSSR count). The number of piperidine rings is 1. The number of nitrogens with zero attached hydrogens (tertiary/aromatic N) is 2.